The number of rotatable bonds is 6. The Morgan fingerprint density at radius 2 is 1.68 bits per heavy atom. The second-order valence-corrected chi connectivity index (χ2v) is 9.37. The highest BCUT2D eigenvalue weighted by Gasteiger charge is 2.22. The summed E-state index contributed by atoms with van der Waals surface area (Å²) in [6.45, 7) is 4.09. The van der Waals surface area contributed by atoms with E-state index in [0.717, 1.165) is 10.0 Å². The second kappa shape index (κ2) is 8.79. The van der Waals surface area contributed by atoms with Crippen LogP contribution >= 0.6 is 15.9 Å². The van der Waals surface area contributed by atoms with Crippen molar-refractivity contribution in [3.8, 4) is 0 Å². The lowest BCUT2D eigenvalue weighted by atomic mass is 9.87. The number of hydrogen-bond acceptors (Lipinski definition) is 3. The van der Waals surface area contributed by atoms with E-state index in [2.05, 4.69) is 20.3 Å². The number of hydrogen-bond donors (Lipinski definition) is 1. The zero-order valence-corrected chi connectivity index (χ0v) is 17.1. The van der Waals surface area contributed by atoms with Gasteiger partial charge in [0.15, 0.2) is 0 Å². The molecule has 0 aliphatic carbocycles. The SMILES string of the molecule is CN=S(=O)(/C=C\[C@H](C(C)C)[C@@H](O)c1ccc(Br)cc1)c1ccccc1. The van der Waals surface area contributed by atoms with E-state index < -0.39 is 15.8 Å². The highest BCUT2D eigenvalue weighted by Crippen LogP contribution is 2.31. The van der Waals surface area contributed by atoms with Gasteiger partial charge in [0.05, 0.1) is 20.7 Å². The van der Waals surface area contributed by atoms with E-state index in [4.69, 9.17) is 0 Å². The van der Waals surface area contributed by atoms with Gasteiger partial charge < -0.3 is 5.11 Å². The molecule has 1 unspecified atom stereocenters. The lowest BCUT2D eigenvalue weighted by Gasteiger charge is -2.24. The number of halogens is 1. The predicted octanol–water partition coefficient (Wildman–Crippen LogP) is 5.43. The third-order valence-corrected chi connectivity index (χ3v) is 6.73. The minimum atomic E-state index is -2.63. The van der Waals surface area contributed by atoms with E-state index in [1.54, 1.807) is 12.5 Å². The van der Waals surface area contributed by atoms with Crippen LogP contribution in [0, 0.1) is 11.8 Å². The van der Waals surface area contributed by atoms with Gasteiger partial charge >= 0.3 is 0 Å². The first kappa shape index (κ1) is 19.9. The molecule has 0 aliphatic rings. The summed E-state index contributed by atoms with van der Waals surface area (Å²) in [5, 5.41) is 12.4. The molecule has 0 radical (unpaired) electrons. The van der Waals surface area contributed by atoms with Gasteiger partial charge in [-0.3, -0.25) is 0 Å². The topological polar surface area (TPSA) is 49.7 Å². The molecule has 0 aromatic heterocycles. The summed E-state index contributed by atoms with van der Waals surface area (Å²) in [5.74, 6) is 0.0265. The van der Waals surface area contributed by atoms with E-state index in [0.29, 0.717) is 4.90 Å². The van der Waals surface area contributed by atoms with Crippen LogP contribution < -0.4 is 0 Å². The molecule has 0 bridgehead atoms. The van der Waals surface area contributed by atoms with Crippen molar-refractivity contribution in [2.75, 3.05) is 7.05 Å². The normalized spacial score (nSPS) is 16.6. The van der Waals surface area contributed by atoms with Crippen molar-refractivity contribution < 1.29 is 9.32 Å². The zero-order chi connectivity index (χ0) is 18.4. The molecule has 0 spiro atoms. The number of benzene rings is 2. The standard InChI is InChI=1S/C20H24BrNO2S/c1-15(2)19(20(23)16-9-11-17(21)12-10-16)13-14-25(24,22-3)18-7-5-4-6-8-18/h4-15,19-20,23H,1-3H3/b14-13-/t19-,20+,25?/m1/s1. The fourth-order valence-electron chi connectivity index (χ4n) is 2.63. The van der Waals surface area contributed by atoms with Crippen LogP contribution in [0.3, 0.4) is 0 Å². The summed E-state index contributed by atoms with van der Waals surface area (Å²) in [5.41, 5.74) is 0.839. The number of aliphatic hydroxyl groups is 1. The monoisotopic (exact) mass is 421 g/mol. The Hall–Kier alpha value is -1.43. The fraction of sp³-hybridized carbons (Fsp3) is 0.300. The average molecular weight is 422 g/mol. The molecule has 2 aromatic carbocycles. The smallest absolute Gasteiger partial charge is 0.0963 e. The van der Waals surface area contributed by atoms with Crippen molar-refractivity contribution in [1.29, 1.82) is 0 Å². The third-order valence-electron chi connectivity index (χ3n) is 4.18. The van der Waals surface area contributed by atoms with Gasteiger partial charge in [-0.05, 0) is 35.7 Å². The lowest BCUT2D eigenvalue weighted by Crippen LogP contribution is -2.16. The molecule has 0 saturated carbocycles. The Morgan fingerprint density at radius 1 is 1.08 bits per heavy atom. The van der Waals surface area contributed by atoms with Crippen LogP contribution in [0.2, 0.25) is 0 Å². The molecule has 3 atom stereocenters. The minimum absolute atomic E-state index is 0.160. The largest absolute Gasteiger partial charge is 0.388 e. The van der Waals surface area contributed by atoms with Gasteiger partial charge in [-0.1, -0.05) is 66.2 Å². The summed E-state index contributed by atoms with van der Waals surface area (Å²) in [4.78, 5) is 0.675. The van der Waals surface area contributed by atoms with Crippen molar-refractivity contribution >= 4 is 25.7 Å². The molecule has 0 aliphatic heterocycles. The van der Waals surface area contributed by atoms with E-state index >= 15 is 0 Å². The summed E-state index contributed by atoms with van der Waals surface area (Å²) in [6.07, 6.45) is 1.18. The molecule has 2 aromatic rings. The quantitative estimate of drug-likeness (QED) is 0.675. The Morgan fingerprint density at radius 3 is 2.20 bits per heavy atom. The zero-order valence-electron chi connectivity index (χ0n) is 14.7. The first-order valence-electron chi connectivity index (χ1n) is 8.19. The molecular weight excluding hydrogens is 398 g/mol. The van der Waals surface area contributed by atoms with E-state index in [-0.39, 0.29) is 11.8 Å². The van der Waals surface area contributed by atoms with Crippen molar-refractivity contribution in [2.24, 2.45) is 16.2 Å². The molecule has 0 fully saturated rings. The van der Waals surface area contributed by atoms with Crippen LogP contribution in [0.1, 0.15) is 25.5 Å². The first-order valence-corrected chi connectivity index (χ1v) is 10.6. The second-order valence-electron chi connectivity index (χ2n) is 6.21. The van der Waals surface area contributed by atoms with E-state index in [1.165, 1.54) is 0 Å². The molecule has 1 N–H and O–H groups in total. The van der Waals surface area contributed by atoms with Crippen molar-refractivity contribution in [1.82, 2.24) is 0 Å². The predicted molar refractivity (Wildman–Crippen MR) is 108 cm³/mol. The van der Waals surface area contributed by atoms with Crippen LogP contribution in [0.25, 0.3) is 0 Å². The van der Waals surface area contributed by atoms with Gasteiger partial charge in [-0.2, -0.15) is 0 Å². The highest BCUT2D eigenvalue weighted by atomic mass is 79.9. The maximum atomic E-state index is 13.1. The summed E-state index contributed by atoms with van der Waals surface area (Å²) in [6, 6.07) is 16.8. The molecule has 0 heterocycles. The van der Waals surface area contributed by atoms with Crippen LogP contribution in [0.15, 0.2) is 79.8 Å². The van der Waals surface area contributed by atoms with Crippen molar-refractivity contribution in [3.63, 3.8) is 0 Å². The summed E-state index contributed by atoms with van der Waals surface area (Å²) in [7, 11) is -1.07. The molecule has 5 heteroatoms. The first-order chi connectivity index (χ1) is 11.9. The maximum absolute atomic E-state index is 13.1. The van der Waals surface area contributed by atoms with Crippen molar-refractivity contribution in [3.05, 3.63) is 76.1 Å². The molecule has 25 heavy (non-hydrogen) atoms. The Kier molecular flexibility index (Phi) is 6.99. The van der Waals surface area contributed by atoms with Crippen LogP contribution in [-0.2, 0) is 9.73 Å². The highest BCUT2D eigenvalue weighted by molar-refractivity contribution is 9.10. The summed E-state index contributed by atoms with van der Waals surface area (Å²) >= 11 is 3.41. The van der Waals surface area contributed by atoms with Crippen molar-refractivity contribution in [2.45, 2.75) is 24.8 Å². The lowest BCUT2D eigenvalue weighted by molar-refractivity contribution is 0.108. The van der Waals surface area contributed by atoms with Gasteiger partial charge in [-0.25, -0.2) is 8.57 Å². The molecule has 134 valence electrons. The molecule has 3 nitrogen and oxygen atoms in total. The molecule has 0 saturated heterocycles. The molecule has 2 rings (SSSR count). The van der Waals surface area contributed by atoms with Gasteiger partial charge in [-0.15, -0.1) is 0 Å². The number of aliphatic hydroxyl groups excluding tert-OH is 1. The van der Waals surface area contributed by atoms with Gasteiger partial charge in [0.25, 0.3) is 0 Å². The summed E-state index contributed by atoms with van der Waals surface area (Å²) < 4.78 is 18.2. The Balaban J connectivity index is 2.33. The van der Waals surface area contributed by atoms with Gasteiger partial charge in [0.1, 0.15) is 0 Å². The van der Waals surface area contributed by atoms with E-state index in [9.17, 15) is 9.32 Å². The van der Waals surface area contributed by atoms with Gasteiger partial charge in [0, 0.05) is 22.8 Å². The molecular formula is C20H24BrNO2S. The van der Waals surface area contributed by atoms with Crippen LogP contribution in [-0.4, -0.2) is 16.4 Å². The van der Waals surface area contributed by atoms with Crippen LogP contribution in [0.4, 0.5) is 0 Å². The maximum Gasteiger partial charge on any atom is 0.0963 e. The van der Waals surface area contributed by atoms with Crippen LogP contribution in [0.5, 0.6) is 0 Å². The Bertz CT molecular complexity index is 823. The fourth-order valence-corrected chi connectivity index (χ4v) is 4.33. The number of nitrogens with zero attached hydrogens (tertiary/aromatic N) is 1. The average Bonchev–Trinajstić information content (AvgIpc) is 2.62. The van der Waals surface area contributed by atoms with Gasteiger partial charge in [0.2, 0.25) is 0 Å². The minimum Gasteiger partial charge on any atom is -0.388 e. The molecule has 0 amide bonds. The third kappa shape index (κ3) is 5.03. The van der Waals surface area contributed by atoms with E-state index in [1.807, 2.05) is 74.5 Å². The Labute approximate surface area is 159 Å².